The highest BCUT2D eigenvalue weighted by Crippen LogP contribution is 2.31. The number of nitrogens with one attached hydrogen (secondary N) is 2. The second-order valence-electron chi connectivity index (χ2n) is 9.65. The molecule has 2 aromatic heterocycles. The van der Waals surface area contributed by atoms with Gasteiger partial charge in [0.05, 0.1) is 31.1 Å². The summed E-state index contributed by atoms with van der Waals surface area (Å²) in [6.07, 6.45) is 3.86. The van der Waals surface area contributed by atoms with E-state index in [1.807, 2.05) is 32.9 Å². The highest BCUT2D eigenvalue weighted by atomic mass is 16.5. The highest BCUT2D eigenvalue weighted by Gasteiger charge is 2.28. The number of hydrogen-bond acceptors (Lipinski definition) is 7. The number of methoxy groups -OCH3 is 1. The minimum atomic E-state index is -0.454. The molecule has 0 atom stereocenters. The van der Waals surface area contributed by atoms with Crippen LogP contribution in [0.1, 0.15) is 67.3 Å². The van der Waals surface area contributed by atoms with E-state index < -0.39 is 11.9 Å². The summed E-state index contributed by atoms with van der Waals surface area (Å²) in [4.78, 5) is 37.4. The molecule has 0 unspecified atom stereocenters. The number of rotatable bonds is 6. The van der Waals surface area contributed by atoms with Gasteiger partial charge in [0.1, 0.15) is 11.3 Å². The van der Waals surface area contributed by atoms with E-state index in [-0.39, 0.29) is 18.1 Å². The van der Waals surface area contributed by atoms with Gasteiger partial charge in [0.15, 0.2) is 5.76 Å². The first-order chi connectivity index (χ1) is 18.8. The maximum Gasteiger partial charge on any atom is 0.337 e. The second kappa shape index (κ2) is 10.6. The molecular formula is C30H29N3O6. The summed E-state index contributed by atoms with van der Waals surface area (Å²) >= 11 is 0. The van der Waals surface area contributed by atoms with E-state index in [0.717, 1.165) is 39.6 Å². The number of aryl methyl sites for hydroxylation is 3. The number of furan rings is 2. The van der Waals surface area contributed by atoms with Gasteiger partial charge in [0.2, 0.25) is 5.91 Å². The molecule has 1 aliphatic carbocycles. The number of anilines is 1. The minimum absolute atomic E-state index is 0.131. The van der Waals surface area contributed by atoms with Gasteiger partial charge in [-0.25, -0.2) is 10.2 Å². The average Bonchev–Trinajstić information content (AvgIpc) is 3.50. The smallest absolute Gasteiger partial charge is 0.337 e. The zero-order valence-corrected chi connectivity index (χ0v) is 22.3. The molecule has 5 rings (SSSR count). The van der Waals surface area contributed by atoms with E-state index in [0.29, 0.717) is 41.1 Å². The van der Waals surface area contributed by atoms with Gasteiger partial charge >= 0.3 is 5.97 Å². The second-order valence-corrected chi connectivity index (χ2v) is 9.65. The largest absolute Gasteiger partial charge is 0.465 e. The first-order valence-corrected chi connectivity index (χ1v) is 12.7. The van der Waals surface area contributed by atoms with E-state index in [9.17, 15) is 14.4 Å². The van der Waals surface area contributed by atoms with Crippen LogP contribution in [0.3, 0.4) is 0 Å². The number of ether oxygens (including phenoxy) is 1. The Morgan fingerprint density at radius 3 is 2.51 bits per heavy atom. The van der Waals surface area contributed by atoms with Crippen LogP contribution in [0.25, 0.3) is 11.0 Å². The number of carbonyl (C=O) groups excluding carboxylic acids is 3. The molecule has 0 spiro atoms. The molecule has 0 saturated carbocycles. The van der Waals surface area contributed by atoms with Gasteiger partial charge in [-0.3, -0.25) is 9.59 Å². The van der Waals surface area contributed by atoms with E-state index in [2.05, 4.69) is 15.8 Å². The van der Waals surface area contributed by atoms with Crippen LogP contribution in [-0.2, 0) is 22.4 Å². The van der Waals surface area contributed by atoms with Crippen LogP contribution in [0.15, 0.2) is 56.6 Å². The average molecular weight is 528 g/mol. The molecule has 39 heavy (non-hydrogen) atoms. The number of nitrogens with zero attached hydrogens (tertiary/aromatic N) is 1. The molecule has 4 aromatic rings. The lowest BCUT2D eigenvalue weighted by molar-refractivity contribution is -0.120. The molecule has 9 nitrogen and oxygen atoms in total. The van der Waals surface area contributed by atoms with Gasteiger partial charge in [-0.05, 0) is 69.0 Å². The maximum atomic E-state index is 13.0. The van der Waals surface area contributed by atoms with E-state index in [1.165, 1.54) is 7.11 Å². The van der Waals surface area contributed by atoms with Crippen molar-refractivity contribution in [2.75, 3.05) is 12.4 Å². The summed E-state index contributed by atoms with van der Waals surface area (Å²) in [5.41, 5.74) is 9.45. The quantitative estimate of drug-likeness (QED) is 0.256. The lowest BCUT2D eigenvalue weighted by Gasteiger charge is -2.13. The fraction of sp³-hybridized carbons (Fsp3) is 0.267. The Hall–Kier alpha value is -4.66. The van der Waals surface area contributed by atoms with Crippen molar-refractivity contribution < 1.29 is 28.0 Å². The van der Waals surface area contributed by atoms with Crippen molar-refractivity contribution in [2.45, 2.75) is 46.5 Å². The molecule has 0 fully saturated rings. The summed E-state index contributed by atoms with van der Waals surface area (Å²) in [7, 11) is 1.31. The predicted octanol–water partition coefficient (Wildman–Crippen LogP) is 5.39. The molecule has 0 saturated heterocycles. The fourth-order valence-electron chi connectivity index (χ4n) is 4.86. The van der Waals surface area contributed by atoms with Crippen LogP contribution in [-0.4, -0.2) is 30.6 Å². The van der Waals surface area contributed by atoms with Crippen LogP contribution < -0.4 is 10.7 Å². The van der Waals surface area contributed by atoms with Gasteiger partial charge in [0, 0.05) is 34.2 Å². The third-order valence-corrected chi connectivity index (χ3v) is 7.10. The van der Waals surface area contributed by atoms with Gasteiger partial charge in [-0.2, -0.15) is 5.10 Å². The minimum Gasteiger partial charge on any atom is -0.465 e. The topological polar surface area (TPSA) is 123 Å². The Bertz CT molecular complexity index is 1620. The molecule has 0 bridgehead atoms. The van der Waals surface area contributed by atoms with Crippen molar-refractivity contribution >= 4 is 40.2 Å². The molecule has 0 radical (unpaired) electrons. The molecule has 9 heteroatoms. The number of hydrogen-bond donors (Lipinski definition) is 2. The summed E-state index contributed by atoms with van der Waals surface area (Å²) in [5.74, 6) is -0.263. The molecule has 2 amide bonds. The van der Waals surface area contributed by atoms with Crippen LogP contribution in [0.5, 0.6) is 0 Å². The zero-order valence-electron chi connectivity index (χ0n) is 22.3. The van der Waals surface area contributed by atoms with Gasteiger partial charge in [-0.15, -0.1) is 0 Å². The van der Waals surface area contributed by atoms with E-state index in [4.69, 9.17) is 13.6 Å². The summed E-state index contributed by atoms with van der Waals surface area (Å²) in [6, 6.07) is 10.4. The first kappa shape index (κ1) is 26.0. The van der Waals surface area contributed by atoms with Gasteiger partial charge in [0.25, 0.3) is 5.91 Å². The molecule has 2 N–H and O–H groups in total. The lowest BCUT2D eigenvalue weighted by Crippen LogP contribution is -2.23. The summed E-state index contributed by atoms with van der Waals surface area (Å²) in [5, 5.41) is 8.14. The SMILES string of the molecule is COC(=O)c1ccc(NC(=O)c2oc3c(c2C)/C(=N/NC(=O)Cc2coc4c(C)c(C)ccc24)CCC3)cc1. The van der Waals surface area contributed by atoms with Gasteiger partial charge < -0.3 is 18.9 Å². The number of fused-ring (bicyclic) bond motifs is 2. The van der Waals surface area contributed by atoms with Gasteiger partial charge in [-0.1, -0.05) is 12.1 Å². The van der Waals surface area contributed by atoms with Crippen molar-refractivity contribution in [3.63, 3.8) is 0 Å². The Balaban J connectivity index is 1.30. The summed E-state index contributed by atoms with van der Waals surface area (Å²) < 4.78 is 16.4. The van der Waals surface area contributed by atoms with E-state index in [1.54, 1.807) is 30.5 Å². The van der Waals surface area contributed by atoms with Crippen molar-refractivity contribution in [2.24, 2.45) is 5.10 Å². The zero-order chi connectivity index (χ0) is 27.7. The maximum absolute atomic E-state index is 13.0. The normalized spacial score (nSPS) is 13.8. The van der Waals surface area contributed by atoms with Crippen molar-refractivity contribution in [3.8, 4) is 0 Å². The fourth-order valence-corrected chi connectivity index (χ4v) is 4.86. The van der Waals surface area contributed by atoms with Crippen LogP contribution in [0, 0.1) is 20.8 Å². The Kier molecular flexibility index (Phi) is 7.06. The Morgan fingerprint density at radius 2 is 1.77 bits per heavy atom. The Morgan fingerprint density at radius 1 is 1.00 bits per heavy atom. The molecule has 0 aliphatic heterocycles. The van der Waals surface area contributed by atoms with Crippen molar-refractivity contribution in [3.05, 3.63) is 87.6 Å². The number of carbonyl (C=O) groups is 3. The first-order valence-electron chi connectivity index (χ1n) is 12.7. The molecule has 1 aliphatic rings. The lowest BCUT2D eigenvalue weighted by atomic mass is 9.93. The van der Waals surface area contributed by atoms with Crippen LogP contribution in [0.4, 0.5) is 5.69 Å². The molecule has 200 valence electrons. The molecule has 2 aromatic carbocycles. The third kappa shape index (κ3) is 5.07. The predicted molar refractivity (Wildman–Crippen MR) is 146 cm³/mol. The monoisotopic (exact) mass is 527 g/mol. The number of hydrazone groups is 1. The highest BCUT2D eigenvalue weighted by molar-refractivity contribution is 6.09. The standard InChI is InChI=1S/C30H29N3O6/c1-16-8-13-22-20(15-38-27(22)17(16)2)14-25(34)33-32-23-6-5-7-24-26(23)18(3)28(39-24)29(35)31-21-11-9-19(10-12-21)30(36)37-4/h8-13,15H,5-7,14H2,1-4H3,(H,31,35)(H,33,34)/b32-23+. The van der Waals surface area contributed by atoms with Crippen LogP contribution >= 0.6 is 0 Å². The molecule has 2 heterocycles. The molecular weight excluding hydrogens is 498 g/mol. The number of esters is 1. The number of amides is 2. The van der Waals surface area contributed by atoms with Crippen LogP contribution in [0.2, 0.25) is 0 Å². The third-order valence-electron chi connectivity index (χ3n) is 7.10. The Labute approximate surface area is 225 Å². The summed E-state index contributed by atoms with van der Waals surface area (Å²) in [6.45, 7) is 5.83. The van der Waals surface area contributed by atoms with Crippen molar-refractivity contribution in [1.82, 2.24) is 5.43 Å². The van der Waals surface area contributed by atoms with E-state index >= 15 is 0 Å². The number of benzene rings is 2. The van der Waals surface area contributed by atoms with Crippen molar-refractivity contribution in [1.29, 1.82) is 0 Å².